The topological polar surface area (TPSA) is 33.2 Å². The SMILES string of the molecule is Cc1ccc(Sc2ccccc2C=C2CCN(C(=O)c3ccccn3)CC2)c(C)c1. The first kappa shape index (κ1) is 20.4. The van der Waals surface area contributed by atoms with E-state index in [1.807, 2.05) is 28.8 Å². The molecule has 4 heteroatoms. The summed E-state index contributed by atoms with van der Waals surface area (Å²) in [6.45, 7) is 5.79. The fourth-order valence-corrected chi connectivity index (χ4v) is 4.72. The normalized spacial score (nSPS) is 13.9. The molecule has 2 aromatic carbocycles. The number of piperidine rings is 1. The molecule has 0 radical (unpaired) electrons. The number of nitrogens with zero attached hydrogens (tertiary/aromatic N) is 2. The molecule has 0 aliphatic carbocycles. The minimum absolute atomic E-state index is 0.0282. The van der Waals surface area contributed by atoms with Gasteiger partial charge in [-0.15, -0.1) is 0 Å². The highest BCUT2D eigenvalue weighted by molar-refractivity contribution is 7.99. The van der Waals surface area contributed by atoms with Crippen LogP contribution in [0, 0.1) is 13.8 Å². The van der Waals surface area contributed by atoms with Crippen molar-refractivity contribution in [2.24, 2.45) is 0 Å². The van der Waals surface area contributed by atoms with Crippen molar-refractivity contribution in [3.8, 4) is 0 Å². The number of hydrogen-bond acceptors (Lipinski definition) is 3. The number of carbonyl (C=O) groups excluding carboxylic acids is 1. The van der Waals surface area contributed by atoms with Gasteiger partial charge in [0.05, 0.1) is 0 Å². The Balaban J connectivity index is 1.46. The van der Waals surface area contributed by atoms with Gasteiger partial charge in [-0.25, -0.2) is 0 Å². The molecule has 2 heterocycles. The number of carbonyl (C=O) groups is 1. The fraction of sp³-hybridized carbons (Fsp3) is 0.231. The quantitative estimate of drug-likeness (QED) is 0.512. The third-order valence-electron chi connectivity index (χ3n) is 5.41. The third-order valence-corrected chi connectivity index (χ3v) is 6.68. The summed E-state index contributed by atoms with van der Waals surface area (Å²) in [5, 5.41) is 0. The van der Waals surface area contributed by atoms with Gasteiger partial charge in [0.1, 0.15) is 5.69 Å². The molecule has 0 unspecified atom stereocenters. The van der Waals surface area contributed by atoms with Crippen molar-refractivity contribution >= 4 is 23.7 Å². The van der Waals surface area contributed by atoms with Gasteiger partial charge in [0.2, 0.25) is 0 Å². The van der Waals surface area contributed by atoms with E-state index in [1.54, 1.807) is 12.3 Å². The monoisotopic (exact) mass is 414 g/mol. The predicted molar refractivity (Wildman–Crippen MR) is 124 cm³/mol. The zero-order valence-corrected chi connectivity index (χ0v) is 18.3. The Morgan fingerprint density at radius 1 is 0.967 bits per heavy atom. The Labute approximate surface area is 182 Å². The predicted octanol–water partition coefficient (Wildman–Crippen LogP) is 6.17. The van der Waals surface area contributed by atoms with E-state index < -0.39 is 0 Å². The molecule has 30 heavy (non-hydrogen) atoms. The molecule has 3 aromatic rings. The van der Waals surface area contributed by atoms with Crippen molar-refractivity contribution in [1.29, 1.82) is 0 Å². The van der Waals surface area contributed by atoms with Crippen LogP contribution in [0.4, 0.5) is 0 Å². The maximum Gasteiger partial charge on any atom is 0.272 e. The lowest BCUT2D eigenvalue weighted by Crippen LogP contribution is -2.36. The number of likely N-dealkylation sites (tertiary alicyclic amines) is 1. The second-order valence-corrected chi connectivity index (χ2v) is 8.80. The molecule has 1 aliphatic rings. The van der Waals surface area contributed by atoms with Crippen LogP contribution in [0.15, 0.2) is 82.2 Å². The largest absolute Gasteiger partial charge is 0.337 e. The minimum atomic E-state index is 0.0282. The highest BCUT2D eigenvalue weighted by atomic mass is 32.2. The summed E-state index contributed by atoms with van der Waals surface area (Å²) < 4.78 is 0. The first-order chi connectivity index (χ1) is 14.6. The molecule has 0 atom stereocenters. The fourth-order valence-electron chi connectivity index (χ4n) is 3.74. The number of hydrogen-bond donors (Lipinski definition) is 0. The van der Waals surface area contributed by atoms with Crippen molar-refractivity contribution in [1.82, 2.24) is 9.88 Å². The third kappa shape index (κ3) is 4.82. The van der Waals surface area contributed by atoms with Crippen molar-refractivity contribution in [2.45, 2.75) is 36.5 Å². The van der Waals surface area contributed by atoms with Crippen LogP contribution in [0.1, 0.15) is 40.0 Å². The van der Waals surface area contributed by atoms with Gasteiger partial charge in [-0.1, -0.05) is 65.4 Å². The zero-order chi connectivity index (χ0) is 20.9. The molecule has 3 nitrogen and oxygen atoms in total. The lowest BCUT2D eigenvalue weighted by molar-refractivity contribution is 0.0738. The maximum atomic E-state index is 12.6. The van der Waals surface area contributed by atoms with Gasteiger partial charge in [0.15, 0.2) is 0 Å². The lowest BCUT2D eigenvalue weighted by atomic mass is 10.0. The summed E-state index contributed by atoms with van der Waals surface area (Å²) in [6, 6.07) is 20.7. The number of benzene rings is 2. The maximum absolute atomic E-state index is 12.6. The van der Waals surface area contributed by atoms with E-state index in [0.717, 1.165) is 25.9 Å². The van der Waals surface area contributed by atoms with E-state index in [2.05, 4.69) is 67.4 Å². The summed E-state index contributed by atoms with van der Waals surface area (Å²) >= 11 is 1.82. The Bertz CT molecular complexity index is 1070. The van der Waals surface area contributed by atoms with Gasteiger partial charge in [-0.2, -0.15) is 0 Å². The van der Waals surface area contributed by atoms with Crippen molar-refractivity contribution < 1.29 is 4.79 Å². The van der Waals surface area contributed by atoms with Crippen LogP contribution in [-0.4, -0.2) is 28.9 Å². The van der Waals surface area contributed by atoms with Crippen LogP contribution in [0.25, 0.3) is 6.08 Å². The van der Waals surface area contributed by atoms with Crippen molar-refractivity contribution in [3.05, 3.63) is 94.8 Å². The molecule has 0 spiro atoms. The molecule has 4 rings (SSSR count). The van der Waals surface area contributed by atoms with Crippen LogP contribution in [0.3, 0.4) is 0 Å². The number of pyridine rings is 1. The Morgan fingerprint density at radius 2 is 1.73 bits per heavy atom. The van der Waals surface area contributed by atoms with Gasteiger partial charge in [-0.3, -0.25) is 9.78 Å². The van der Waals surface area contributed by atoms with Crippen LogP contribution in [0.5, 0.6) is 0 Å². The van der Waals surface area contributed by atoms with Crippen molar-refractivity contribution in [3.63, 3.8) is 0 Å². The van der Waals surface area contributed by atoms with Crippen molar-refractivity contribution in [2.75, 3.05) is 13.1 Å². The minimum Gasteiger partial charge on any atom is -0.337 e. The average molecular weight is 415 g/mol. The average Bonchev–Trinajstić information content (AvgIpc) is 2.77. The van der Waals surface area contributed by atoms with Crippen LogP contribution < -0.4 is 0 Å². The van der Waals surface area contributed by atoms with Crippen LogP contribution in [-0.2, 0) is 0 Å². The molecule has 1 fully saturated rings. The Morgan fingerprint density at radius 3 is 2.47 bits per heavy atom. The molecule has 0 bridgehead atoms. The molecule has 1 saturated heterocycles. The number of amides is 1. The Kier molecular flexibility index (Phi) is 6.34. The molecule has 1 amide bonds. The van der Waals surface area contributed by atoms with Gasteiger partial charge in [0.25, 0.3) is 5.91 Å². The molecule has 0 saturated carbocycles. The molecular weight excluding hydrogens is 388 g/mol. The van der Waals surface area contributed by atoms with Gasteiger partial charge in [-0.05, 0) is 62.1 Å². The van der Waals surface area contributed by atoms with Crippen LogP contribution in [0.2, 0.25) is 0 Å². The van der Waals surface area contributed by atoms with E-state index in [9.17, 15) is 4.79 Å². The summed E-state index contributed by atoms with van der Waals surface area (Å²) in [5.41, 5.74) is 5.78. The first-order valence-electron chi connectivity index (χ1n) is 10.3. The summed E-state index contributed by atoms with van der Waals surface area (Å²) in [5.74, 6) is 0.0282. The van der Waals surface area contributed by atoms with E-state index in [0.29, 0.717) is 5.69 Å². The highest BCUT2D eigenvalue weighted by Crippen LogP contribution is 2.34. The number of aromatic nitrogens is 1. The summed E-state index contributed by atoms with van der Waals surface area (Å²) in [4.78, 5) is 21.3. The van der Waals surface area contributed by atoms with E-state index in [-0.39, 0.29) is 5.91 Å². The van der Waals surface area contributed by atoms with Gasteiger partial charge in [0, 0.05) is 29.1 Å². The molecular formula is C26H26N2OS. The smallest absolute Gasteiger partial charge is 0.272 e. The molecule has 152 valence electrons. The highest BCUT2D eigenvalue weighted by Gasteiger charge is 2.21. The van der Waals surface area contributed by atoms with Gasteiger partial charge < -0.3 is 4.90 Å². The number of rotatable bonds is 4. The van der Waals surface area contributed by atoms with E-state index >= 15 is 0 Å². The van der Waals surface area contributed by atoms with E-state index in [4.69, 9.17) is 0 Å². The first-order valence-corrected chi connectivity index (χ1v) is 11.2. The lowest BCUT2D eigenvalue weighted by Gasteiger charge is -2.28. The Hall–Kier alpha value is -2.85. The summed E-state index contributed by atoms with van der Waals surface area (Å²) in [6.07, 6.45) is 5.80. The zero-order valence-electron chi connectivity index (χ0n) is 17.5. The second-order valence-electron chi connectivity index (χ2n) is 7.72. The molecule has 1 aliphatic heterocycles. The molecule has 0 N–H and O–H groups in total. The molecule has 1 aromatic heterocycles. The standard InChI is InChI=1S/C26H26N2OS/c1-19-10-11-24(20(2)17-19)30-25-9-4-3-7-22(25)18-21-12-15-28(16-13-21)26(29)23-8-5-6-14-27-23/h3-11,14,17-18H,12-13,15-16H2,1-2H3. The second kappa shape index (κ2) is 9.31. The van der Waals surface area contributed by atoms with E-state index in [1.165, 1.54) is 32.1 Å². The summed E-state index contributed by atoms with van der Waals surface area (Å²) in [7, 11) is 0. The number of aryl methyl sites for hydroxylation is 2. The van der Waals surface area contributed by atoms with Crippen LogP contribution >= 0.6 is 11.8 Å². The van der Waals surface area contributed by atoms with Gasteiger partial charge >= 0.3 is 0 Å².